The van der Waals surface area contributed by atoms with E-state index in [1.54, 1.807) is 0 Å². The summed E-state index contributed by atoms with van der Waals surface area (Å²) >= 11 is 1.96. The highest BCUT2D eigenvalue weighted by Gasteiger charge is 2.45. The van der Waals surface area contributed by atoms with E-state index in [0.29, 0.717) is 0 Å². The number of aryl methyl sites for hydroxylation is 1. The van der Waals surface area contributed by atoms with E-state index < -0.39 is 0 Å². The number of nitrogens with zero attached hydrogens (tertiary/aromatic N) is 1. The molecule has 2 aliphatic heterocycles. The first-order valence-electron chi connectivity index (χ1n) is 15.8. The van der Waals surface area contributed by atoms with Gasteiger partial charge in [0.2, 0.25) is 0 Å². The summed E-state index contributed by atoms with van der Waals surface area (Å²) in [5.41, 5.74) is 12.3. The molecule has 8 rings (SSSR count). The predicted molar refractivity (Wildman–Crippen MR) is 186 cm³/mol. The molecule has 1 aromatic heterocycles. The van der Waals surface area contributed by atoms with Gasteiger partial charge in [-0.1, -0.05) is 78.8 Å². The number of benzene rings is 4. The molecule has 0 amide bonds. The van der Waals surface area contributed by atoms with Crippen molar-refractivity contribution in [3.05, 3.63) is 95.1 Å². The Hall–Kier alpha value is -3.50. The largest absolute Gasteiger partial charge is 0.458 e. The van der Waals surface area contributed by atoms with Crippen molar-refractivity contribution in [3.8, 4) is 11.5 Å². The second-order valence-corrected chi connectivity index (χ2v) is 16.5. The van der Waals surface area contributed by atoms with Gasteiger partial charge in [-0.15, -0.1) is 11.3 Å². The molecule has 0 spiro atoms. The van der Waals surface area contributed by atoms with Gasteiger partial charge in [-0.05, 0) is 112 Å². The van der Waals surface area contributed by atoms with Gasteiger partial charge in [0.1, 0.15) is 11.5 Å². The molecule has 0 atom stereocenters. The van der Waals surface area contributed by atoms with Crippen molar-refractivity contribution in [3.63, 3.8) is 0 Å². The molecular weight excluding hydrogens is 541 g/mol. The van der Waals surface area contributed by atoms with E-state index in [1.807, 2.05) is 11.3 Å². The van der Waals surface area contributed by atoms with Crippen molar-refractivity contribution < 1.29 is 4.74 Å². The maximum Gasteiger partial charge on any atom is 0.268 e. The van der Waals surface area contributed by atoms with E-state index >= 15 is 0 Å². The second-order valence-electron chi connectivity index (χ2n) is 15.4. The molecule has 43 heavy (non-hydrogen) atoms. The van der Waals surface area contributed by atoms with Crippen molar-refractivity contribution in [2.24, 2.45) is 0 Å². The summed E-state index contributed by atoms with van der Waals surface area (Å²) < 4.78 is 9.42. The van der Waals surface area contributed by atoms with E-state index in [9.17, 15) is 0 Å². The molecule has 2 nitrogen and oxygen atoms in total. The molecule has 3 aliphatic rings. The first-order valence-corrected chi connectivity index (χ1v) is 16.6. The van der Waals surface area contributed by atoms with Gasteiger partial charge >= 0.3 is 0 Å². The van der Waals surface area contributed by atoms with Gasteiger partial charge in [0.25, 0.3) is 6.71 Å². The highest BCUT2D eigenvalue weighted by Crippen LogP contribution is 2.51. The minimum absolute atomic E-state index is 0.0663. The summed E-state index contributed by atoms with van der Waals surface area (Å²) in [4.78, 5) is 2.58. The molecule has 0 N–H and O–H groups in total. The number of hydrogen-bond acceptors (Lipinski definition) is 3. The first kappa shape index (κ1) is 27.1. The lowest BCUT2D eigenvalue weighted by molar-refractivity contribution is 0.332. The Morgan fingerprint density at radius 3 is 2.33 bits per heavy atom. The highest BCUT2D eigenvalue weighted by atomic mass is 32.1. The summed E-state index contributed by atoms with van der Waals surface area (Å²) in [7, 11) is 0. The van der Waals surface area contributed by atoms with Crippen molar-refractivity contribution in [2.45, 2.75) is 84.5 Å². The Balaban J connectivity index is 1.47. The third-order valence-corrected chi connectivity index (χ3v) is 11.6. The van der Waals surface area contributed by atoms with Crippen LogP contribution in [0.15, 0.2) is 72.8 Å². The monoisotopic (exact) mass is 581 g/mol. The lowest BCUT2D eigenvalue weighted by Gasteiger charge is -2.43. The Morgan fingerprint density at radius 1 is 0.814 bits per heavy atom. The Kier molecular flexibility index (Phi) is 5.53. The predicted octanol–water partition coefficient (Wildman–Crippen LogP) is 9.26. The molecule has 216 valence electrons. The minimum Gasteiger partial charge on any atom is -0.458 e. The number of ether oxygens (including phenoxy) is 1. The fourth-order valence-corrected chi connectivity index (χ4v) is 9.06. The fraction of sp³-hybridized carbons (Fsp3) is 0.333. The third kappa shape index (κ3) is 3.91. The second kappa shape index (κ2) is 8.79. The van der Waals surface area contributed by atoms with Crippen LogP contribution in [0, 0.1) is 6.92 Å². The van der Waals surface area contributed by atoms with Crippen molar-refractivity contribution >= 4 is 60.9 Å². The van der Waals surface area contributed by atoms with Crippen LogP contribution in [-0.4, -0.2) is 6.71 Å². The van der Waals surface area contributed by atoms with Gasteiger partial charge in [0.05, 0.1) is 5.69 Å². The van der Waals surface area contributed by atoms with Crippen LogP contribution < -0.4 is 25.3 Å². The maximum atomic E-state index is 6.67. The van der Waals surface area contributed by atoms with E-state index in [2.05, 4.69) is 133 Å². The van der Waals surface area contributed by atoms with Gasteiger partial charge < -0.3 is 9.64 Å². The molecule has 1 aliphatic carbocycles. The van der Waals surface area contributed by atoms with Crippen LogP contribution in [0.3, 0.4) is 0 Å². The number of rotatable bonds is 1. The SMILES string of the molecule is Cc1cc2c3c(c1)N(c1ccc4c(c1)C(C)(C)CCC4(C)C)c1c(sc4ccc(C(C)(C)C)cc14)B3c1ccccc1O2. The molecule has 0 unspecified atom stereocenters. The van der Waals surface area contributed by atoms with Gasteiger partial charge in [-0.25, -0.2) is 0 Å². The van der Waals surface area contributed by atoms with Crippen LogP contribution in [-0.2, 0) is 16.2 Å². The van der Waals surface area contributed by atoms with E-state index in [-0.39, 0.29) is 23.0 Å². The molecule has 0 fully saturated rings. The van der Waals surface area contributed by atoms with Crippen molar-refractivity contribution in [1.82, 2.24) is 0 Å². The van der Waals surface area contributed by atoms with Gasteiger partial charge in [0.15, 0.2) is 0 Å². The zero-order chi connectivity index (χ0) is 30.1. The summed E-state index contributed by atoms with van der Waals surface area (Å²) in [6.45, 7) is 19.0. The maximum absolute atomic E-state index is 6.67. The summed E-state index contributed by atoms with van der Waals surface area (Å²) in [6.07, 6.45) is 2.42. The molecule has 5 aromatic rings. The molecule has 0 saturated carbocycles. The van der Waals surface area contributed by atoms with Crippen molar-refractivity contribution in [2.75, 3.05) is 4.90 Å². The number of fused-ring (bicyclic) bond motifs is 7. The fourth-order valence-electron chi connectivity index (χ4n) is 7.76. The average molecular weight is 582 g/mol. The molecule has 0 saturated heterocycles. The number of para-hydroxylation sites is 1. The average Bonchev–Trinajstić information content (AvgIpc) is 3.33. The molecule has 3 heterocycles. The lowest BCUT2D eigenvalue weighted by atomic mass is 9.37. The molecular formula is C39H40BNOS. The zero-order valence-corrected chi connectivity index (χ0v) is 27.5. The van der Waals surface area contributed by atoms with Crippen LogP contribution in [0.1, 0.15) is 83.6 Å². The van der Waals surface area contributed by atoms with E-state index in [0.717, 1.165) is 11.5 Å². The van der Waals surface area contributed by atoms with Crippen LogP contribution in [0.25, 0.3) is 10.1 Å². The number of thiophene rings is 1. The number of anilines is 3. The number of hydrogen-bond donors (Lipinski definition) is 0. The summed E-state index contributed by atoms with van der Waals surface area (Å²) in [6, 6.07) is 27.8. The van der Waals surface area contributed by atoms with Gasteiger partial charge in [-0.2, -0.15) is 0 Å². The van der Waals surface area contributed by atoms with Crippen LogP contribution >= 0.6 is 11.3 Å². The third-order valence-electron chi connectivity index (χ3n) is 10.4. The van der Waals surface area contributed by atoms with Crippen molar-refractivity contribution in [1.29, 1.82) is 0 Å². The molecule has 0 radical (unpaired) electrons. The summed E-state index contributed by atoms with van der Waals surface area (Å²) in [5, 5.41) is 1.35. The first-order chi connectivity index (χ1) is 20.3. The molecule has 4 heteroatoms. The Bertz CT molecular complexity index is 1970. The lowest BCUT2D eigenvalue weighted by Crippen LogP contribution is -2.58. The summed E-state index contributed by atoms with van der Waals surface area (Å²) in [5.74, 6) is 1.96. The van der Waals surface area contributed by atoms with E-state index in [1.165, 1.54) is 77.9 Å². The Labute approximate surface area is 260 Å². The van der Waals surface area contributed by atoms with Crippen LogP contribution in [0.5, 0.6) is 11.5 Å². The topological polar surface area (TPSA) is 12.5 Å². The molecule has 4 aromatic carbocycles. The smallest absolute Gasteiger partial charge is 0.268 e. The van der Waals surface area contributed by atoms with Crippen LogP contribution in [0.4, 0.5) is 17.1 Å². The highest BCUT2D eigenvalue weighted by molar-refractivity contribution is 7.33. The van der Waals surface area contributed by atoms with Gasteiger partial charge in [-0.3, -0.25) is 0 Å². The molecule has 0 bridgehead atoms. The zero-order valence-electron chi connectivity index (χ0n) is 26.7. The quantitative estimate of drug-likeness (QED) is 0.179. The van der Waals surface area contributed by atoms with Crippen LogP contribution in [0.2, 0.25) is 0 Å². The Morgan fingerprint density at radius 2 is 1.56 bits per heavy atom. The van der Waals surface area contributed by atoms with E-state index in [4.69, 9.17) is 4.74 Å². The van der Waals surface area contributed by atoms with Gasteiger partial charge in [0, 0.05) is 26.2 Å². The standard InChI is InChI=1S/C39H40BNOS/c1-23-19-30-34-32(20-23)42-31-12-10-9-11-29(31)40(34)36-35(26-21-24(37(2,3)4)13-16-33(26)43-36)41(30)25-14-15-27-28(22-25)39(7,8)18-17-38(27,5)6/h9-16,19-22H,17-18H2,1-8H3. The minimum atomic E-state index is 0.0663. The normalized spacial score (nSPS) is 17.6.